The average Bonchev–Trinajstić information content (AvgIpc) is 2.59. The Kier molecular flexibility index (Phi) is 6.21. The number of hydrogen-bond acceptors (Lipinski definition) is 4. The van der Waals surface area contributed by atoms with Gasteiger partial charge in [-0.05, 0) is 43.0 Å². The van der Waals surface area contributed by atoms with Crippen LogP contribution in [0.15, 0.2) is 29.2 Å². The number of rotatable bonds is 6. The zero-order chi connectivity index (χ0) is 18.6. The predicted molar refractivity (Wildman–Crippen MR) is 94.2 cm³/mol. The van der Waals surface area contributed by atoms with Gasteiger partial charge in [0.25, 0.3) is 5.91 Å². The number of aliphatic carboxylic acids is 1. The first-order chi connectivity index (χ1) is 11.7. The predicted octanol–water partition coefficient (Wildman–Crippen LogP) is 2.44. The van der Waals surface area contributed by atoms with Crippen LogP contribution < -0.4 is 0 Å². The van der Waals surface area contributed by atoms with Gasteiger partial charge in [0.1, 0.15) is 0 Å². The van der Waals surface area contributed by atoms with E-state index in [0.717, 1.165) is 6.42 Å². The summed E-state index contributed by atoms with van der Waals surface area (Å²) in [5, 5.41) is 9.22. The maximum absolute atomic E-state index is 12.6. The molecule has 2 unspecified atom stereocenters. The van der Waals surface area contributed by atoms with Crippen LogP contribution in [0.5, 0.6) is 0 Å². The first-order valence-electron chi connectivity index (χ1n) is 8.59. The van der Waals surface area contributed by atoms with Crippen molar-refractivity contribution in [3.8, 4) is 0 Å². The second-order valence-electron chi connectivity index (χ2n) is 6.78. The lowest BCUT2D eigenvalue weighted by molar-refractivity contribution is -0.143. The minimum Gasteiger partial charge on any atom is -0.481 e. The fourth-order valence-electron chi connectivity index (χ4n) is 3.14. The van der Waals surface area contributed by atoms with Crippen molar-refractivity contribution in [2.45, 2.75) is 38.0 Å². The number of sulfone groups is 1. The average molecular weight is 367 g/mol. The van der Waals surface area contributed by atoms with Gasteiger partial charge in [0.2, 0.25) is 0 Å². The molecule has 25 heavy (non-hydrogen) atoms. The third-order valence-electron chi connectivity index (χ3n) is 4.52. The molecule has 0 aromatic heterocycles. The van der Waals surface area contributed by atoms with Gasteiger partial charge in [0.05, 0.1) is 16.6 Å². The van der Waals surface area contributed by atoms with Gasteiger partial charge in [-0.25, -0.2) is 8.42 Å². The summed E-state index contributed by atoms with van der Waals surface area (Å²) in [5.74, 6) is -1.48. The van der Waals surface area contributed by atoms with Crippen molar-refractivity contribution in [3.63, 3.8) is 0 Å². The summed E-state index contributed by atoms with van der Waals surface area (Å²) >= 11 is 0. The van der Waals surface area contributed by atoms with Gasteiger partial charge in [-0.1, -0.05) is 20.3 Å². The molecule has 0 bridgehead atoms. The lowest BCUT2D eigenvalue weighted by Crippen LogP contribution is -2.45. The summed E-state index contributed by atoms with van der Waals surface area (Å²) in [6.07, 6.45) is 1.96. The molecule has 0 saturated carbocycles. The maximum atomic E-state index is 12.6. The molecule has 6 nitrogen and oxygen atoms in total. The van der Waals surface area contributed by atoms with Crippen LogP contribution in [0.25, 0.3) is 0 Å². The molecule has 1 fully saturated rings. The van der Waals surface area contributed by atoms with Crippen LogP contribution in [0.2, 0.25) is 0 Å². The Morgan fingerprint density at radius 2 is 1.84 bits per heavy atom. The molecule has 2 atom stereocenters. The normalized spacial score (nSPS) is 21.1. The van der Waals surface area contributed by atoms with Gasteiger partial charge in [-0.15, -0.1) is 0 Å². The molecule has 138 valence electrons. The highest BCUT2D eigenvalue weighted by atomic mass is 32.2. The van der Waals surface area contributed by atoms with Crippen molar-refractivity contribution in [1.29, 1.82) is 0 Å². The van der Waals surface area contributed by atoms with E-state index in [1.54, 1.807) is 4.90 Å². The highest BCUT2D eigenvalue weighted by Gasteiger charge is 2.32. The van der Waals surface area contributed by atoms with E-state index in [1.807, 2.05) is 13.8 Å². The van der Waals surface area contributed by atoms with E-state index in [9.17, 15) is 23.1 Å². The monoisotopic (exact) mass is 367 g/mol. The van der Waals surface area contributed by atoms with Crippen molar-refractivity contribution in [2.75, 3.05) is 18.8 Å². The molecule has 2 rings (SSSR count). The topological polar surface area (TPSA) is 91.8 Å². The second kappa shape index (κ2) is 7.99. The molecule has 1 aromatic rings. The van der Waals surface area contributed by atoms with Crippen molar-refractivity contribution < 1.29 is 23.1 Å². The van der Waals surface area contributed by atoms with E-state index < -0.39 is 21.7 Å². The van der Waals surface area contributed by atoms with Crippen LogP contribution in [0.3, 0.4) is 0 Å². The molecule has 7 heteroatoms. The number of amides is 1. The van der Waals surface area contributed by atoms with E-state index in [4.69, 9.17) is 0 Å². The van der Waals surface area contributed by atoms with E-state index in [2.05, 4.69) is 0 Å². The Morgan fingerprint density at radius 1 is 1.20 bits per heavy atom. The number of carboxylic acid groups (broad SMARTS) is 1. The molecule has 1 aliphatic rings. The number of carboxylic acids is 1. The van der Waals surface area contributed by atoms with Gasteiger partial charge in [-0.2, -0.15) is 0 Å². The Labute approximate surface area is 148 Å². The summed E-state index contributed by atoms with van der Waals surface area (Å²) in [5.41, 5.74) is 0.382. The van der Waals surface area contributed by atoms with Crippen LogP contribution in [-0.2, 0) is 14.6 Å². The number of nitrogens with zero attached hydrogens (tertiary/aromatic N) is 1. The van der Waals surface area contributed by atoms with Crippen molar-refractivity contribution in [1.82, 2.24) is 4.90 Å². The number of likely N-dealkylation sites (tertiary alicyclic amines) is 1. The highest BCUT2D eigenvalue weighted by molar-refractivity contribution is 7.91. The van der Waals surface area contributed by atoms with Crippen LogP contribution in [0.4, 0.5) is 0 Å². The Morgan fingerprint density at radius 3 is 2.40 bits per heavy atom. The van der Waals surface area contributed by atoms with Gasteiger partial charge >= 0.3 is 5.97 Å². The smallest absolute Gasteiger partial charge is 0.308 e. The molecule has 0 aliphatic carbocycles. The molecule has 1 aliphatic heterocycles. The quantitative estimate of drug-likeness (QED) is 0.834. The van der Waals surface area contributed by atoms with Crippen LogP contribution >= 0.6 is 0 Å². The lowest BCUT2D eigenvalue weighted by atomic mass is 9.90. The van der Waals surface area contributed by atoms with Gasteiger partial charge in [0, 0.05) is 18.7 Å². The first-order valence-corrected chi connectivity index (χ1v) is 10.2. The van der Waals surface area contributed by atoms with Gasteiger partial charge in [0.15, 0.2) is 9.84 Å². The molecular formula is C18H25NO5S. The molecule has 0 spiro atoms. The molecular weight excluding hydrogens is 342 g/mol. The maximum Gasteiger partial charge on any atom is 0.308 e. The minimum absolute atomic E-state index is 0.0979. The van der Waals surface area contributed by atoms with Gasteiger partial charge < -0.3 is 10.0 Å². The number of unbranched alkanes of at least 4 members (excludes halogenated alkanes) is 1. The molecule has 1 amide bonds. The van der Waals surface area contributed by atoms with Crippen LogP contribution in [0.1, 0.15) is 43.5 Å². The summed E-state index contributed by atoms with van der Waals surface area (Å²) in [7, 11) is -3.32. The number of carbonyl (C=O) groups excluding carboxylic acids is 1. The zero-order valence-electron chi connectivity index (χ0n) is 14.6. The largest absolute Gasteiger partial charge is 0.481 e. The molecule has 1 N–H and O–H groups in total. The fourth-order valence-corrected chi connectivity index (χ4v) is 4.59. The summed E-state index contributed by atoms with van der Waals surface area (Å²) in [4.78, 5) is 25.6. The van der Waals surface area contributed by atoms with E-state index in [1.165, 1.54) is 24.3 Å². The Bertz CT molecular complexity index is 726. The van der Waals surface area contributed by atoms with Crippen molar-refractivity contribution >= 4 is 21.7 Å². The summed E-state index contributed by atoms with van der Waals surface area (Å²) in [6.45, 7) is 4.56. The third kappa shape index (κ3) is 4.81. The van der Waals surface area contributed by atoms with E-state index >= 15 is 0 Å². The Balaban J connectivity index is 2.13. The van der Waals surface area contributed by atoms with Crippen LogP contribution in [0, 0.1) is 11.8 Å². The third-order valence-corrected chi connectivity index (χ3v) is 6.34. The number of hydrogen-bond donors (Lipinski definition) is 1. The molecule has 1 heterocycles. The molecule has 1 saturated heterocycles. The van der Waals surface area contributed by atoms with Crippen molar-refractivity contribution in [2.24, 2.45) is 11.8 Å². The van der Waals surface area contributed by atoms with Crippen molar-refractivity contribution in [3.05, 3.63) is 29.8 Å². The van der Waals surface area contributed by atoms with E-state index in [-0.39, 0.29) is 29.0 Å². The molecule has 1 aromatic carbocycles. The SMILES string of the molecule is CCCCS(=O)(=O)c1ccc(C(=O)N2CC(C)CC(C(=O)O)C2)cc1. The summed E-state index contributed by atoms with van der Waals surface area (Å²) in [6, 6.07) is 5.94. The number of carbonyl (C=O) groups is 2. The lowest BCUT2D eigenvalue weighted by Gasteiger charge is -2.34. The second-order valence-corrected chi connectivity index (χ2v) is 8.89. The number of benzene rings is 1. The fraction of sp³-hybridized carbons (Fsp3) is 0.556. The van der Waals surface area contributed by atoms with Crippen LogP contribution in [-0.4, -0.2) is 49.1 Å². The minimum atomic E-state index is -3.32. The Hall–Kier alpha value is -1.89. The zero-order valence-corrected chi connectivity index (χ0v) is 15.5. The van der Waals surface area contributed by atoms with Gasteiger partial charge in [-0.3, -0.25) is 9.59 Å². The number of piperidine rings is 1. The summed E-state index contributed by atoms with van der Waals surface area (Å²) < 4.78 is 24.3. The molecule has 0 radical (unpaired) electrons. The standard InChI is InChI=1S/C18H25NO5S/c1-3-4-9-25(23,24)16-7-5-14(6-8-16)17(20)19-11-13(2)10-15(12-19)18(21)22/h5-8,13,15H,3-4,9-12H2,1-2H3,(H,21,22). The first kappa shape index (κ1) is 19.4. The highest BCUT2D eigenvalue weighted by Crippen LogP contribution is 2.24. The van der Waals surface area contributed by atoms with E-state index in [0.29, 0.717) is 24.9 Å².